The molecule has 2 aromatic carbocycles. The maximum atomic E-state index is 13.3. The van der Waals surface area contributed by atoms with Gasteiger partial charge in [-0.25, -0.2) is 13.4 Å². The van der Waals surface area contributed by atoms with Gasteiger partial charge in [-0.2, -0.15) is 4.31 Å². The number of thiazole rings is 1. The first-order valence-electron chi connectivity index (χ1n) is 11.9. The van der Waals surface area contributed by atoms with Gasteiger partial charge < -0.3 is 0 Å². The highest BCUT2D eigenvalue weighted by Gasteiger charge is 2.24. The molecule has 1 N–H and O–H groups in total. The number of aromatic nitrogens is 1. The zero-order valence-corrected chi connectivity index (χ0v) is 22.4. The molecular weight excluding hydrogens is 466 g/mol. The van der Waals surface area contributed by atoms with Crippen molar-refractivity contribution < 1.29 is 13.2 Å². The van der Waals surface area contributed by atoms with Crippen LogP contribution in [0.3, 0.4) is 0 Å². The molecule has 0 atom stereocenters. The first kappa shape index (κ1) is 26.3. The van der Waals surface area contributed by atoms with Crippen molar-refractivity contribution >= 4 is 42.6 Å². The largest absolute Gasteiger partial charge is 0.298 e. The van der Waals surface area contributed by atoms with Gasteiger partial charge in [-0.3, -0.25) is 10.1 Å². The van der Waals surface area contributed by atoms with Gasteiger partial charge in [0, 0.05) is 18.7 Å². The highest BCUT2D eigenvalue weighted by molar-refractivity contribution is 7.89. The summed E-state index contributed by atoms with van der Waals surface area (Å²) in [4.78, 5) is 17.5. The van der Waals surface area contributed by atoms with E-state index in [1.165, 1.54) is 11.3 Å². The third-order valence-electron chi connectivity index (χ3n) is 5.75. The van der Waals surface area contributed by atoms with E-state index in [-0.39, 0.29) is 16.2 Å². The predicted molar refractivity (Wildman–Crippen MR) is 141 cm³/mol. The number of sulfonamides is 1. The lowest BCUT2D eigenvalue weighted by molar-refractivity contribution is 0.102. The van der Waals surface area contributed by atoms with E-state index in [4.69, 9.17) is 0 Å². The minimum Gasteiger partial charge on any atom is -0.298 e. The Bertz CT molecular complexity index is 1220. The summed E-state index contributed by atoms with van der Waals surface area (Å²) in [6.07, 6.45) is 3.54. The molecule has 0 fully saturated rings. The fourth-order valence-electron chi connectivity index (χ4n) is 3.58. The number of anilines is 1. The molecule has 3 aromatic rings. The average Bonchev–Trinajstić information content (AvgIpc) is 3.20. The van der Waals surface area contributed by atoms with Gasteiger partial charge in [0.25, 0.3) is 5.91 Å². The normalized spacial score (nSPS) is 12.4. The van der Waals surface area contributed by atoms with E-state index in [1.54, 1.807) is 22.5 Å². The van der Waals surface area contributed by atoms with Crippen molar-refractivity contribution in [1.29, 1.82) is 0 Å². The van der Waals surface area contributed by atoms with E-state index in [0.717, 1.165) is 35.9 Å². The highest BCUT2D eigenvalue weighted by Crippen LogP contribution is 2.30. The van der Waals surface area contributed by atoms with Crippen LogP contribution in [0, 0.1) is 0 Å². The summed E-state index contributed by atoms with van der Waals surface area (Å²) < 4.78 is 28.9. The van der Waals surface area contributed by atoms with E-state index in [0.29, 0.717) is 29.3 Å². The summed E-state index contributed by atoms with van der Waals surface area (Å²) >= 11 is 1.28. The summed E-state index contributed by atoms with van der Waals surface area (Å²) in [6, 6.07) is 12.6. The fourth-order valence-corrected chi connectivity index (χ4v) is 6.10. The van der Waals surface area contributed by atoms with Gasteiger partial charge in [-0.15, -0.1) is 0 Å². The standard InChI is InChI=1S/C26H35N3O3S2/c1-6-8-16-29(17-9-7-2)34(31,32)21-14-15-22-23(18-21)33-25(27-22)28-24(30)19-10-12-20(13-11-19)26(3,4)5/h10-15,18H,6-9,16-17H2,1-5H3,(H,27,28,30). The summed E-state index contributed by atoms with van der Waals surface area (Å²) in [5, 5.41) is 3.30. The molecule has 184 valence electrons. The Labute approximate surface area is 207 Å². The first-order chi connectivity index (χ1) is 16.1. The number of fused-ring (bicyclic) bond motifs is 1. The van der Waals surface area contributed by atoms with Gasteiger partial charge >= 0.3 is 0 Å². The molecule has 0 saturated carbocycles. The molecule has 0 aliphatic carbocycles. The molecule has 1 amide bonds. The monoisotopic (exact) mass is 501 g/mol. The Morgan fingerprint density at radius 2 is 1.62 bits per heavy atom. The maximum absolute atomic E-state index is 13.3. The van der Waals surface area contributed by atoms with E-state index in [1.807, 2.05) is 24.3 Å². The van der Waals surface area contributed by atoms with Crippen molar-refractivity contribution in [3.05, 3.63) is 53.6 Å². The lowest BCUT2D eigenvalue weighted by Gasteiger charge is -2.21. The smallest absolute Gasteiger partial charge is 0.257 e. The molecule has 0 aliphatic rings. The topological polar surface area (TPSA) is 79.4 Å². The number of unbranched alkanes of at least 4 members (excludes halogenated alkanes) is 2. The summed E-state index contributed by atoms with van der Waals surface area (Å²) in [5.74, 6) is -0.238. The minimum atomic E-state index is -3.59. The quantitative estimate of drug-likeness (QED) is 0.347. The number of nitrogens with one attached hydrogen (secondary N) is 1. The second-order valence-corrected chi connectivity index (χ2v) is 12.5. The average molecular weight is 502 g/mol. The van der Waals surface area contributed by atoms with Crippen LogP contribution in [0.25, 0.3) is 10.2 Å². The summed E-state index contributed by atoms with van der Waals surface area (Å²) in [7, 11) is -3.59. The third-order valence-corrected chi connectivity index (χ3v) is 8.58. The number of amides is 1. The van der Waals surface area contributed by atoms with Gasteiger partial charge in [0.1, 0.15) is 0 Å². The molecule has 0 aliphatic heterocycles. The van der Waals surface area contributed by atoms with Crippen molar-refractivity contribution in [2.45, 2.75) is 70.6 Å². The zero-order valence-electron chi connectivity index (χ0n) is 20.7. The number of carbonyl (C=O) groups is 1. The SMILES string of the molecule is CCCCN(CCCC)S(=O)(=O)c1ccc2nc(NC(=O)c3ccc(C(C)(C)C)cc3)sc2c1. The van der Waals surface area contributed by atoms with Crippen LogP contribution in [0.5, 0.6) is 0 Å². The van der Waals surface area contributed by atoms with E-state index >= 15 is 0 Å². The minimum absolute atomic E-state index is 0.0166. The van der Waals surface area contributed by atoms with Crippen molar-refractivity contribution in [2.75, 3.05) is 18.4 Å². The molecule has 0 unspecified atom stereocenters. The Hall–Kier alpha value is -2.29. The highest BCUT2D eigenvalue weighted by atomic mass is 32.2. The van der Waals surface area contributed by atoms with Gasteiger partial charge in [-0.05, 0) is 54.2 Å². The van der Waals surface area contributed by atoms with Gasteiger partial charge in [0.05, 0.1) is 15.1 Å². The molecule has 0 spiro atoms. The predicted octanol–water partition coefficient (Wildman–Crippen LogP) is 6.44. The number of benzene rings is 2. The Morgan fingerprint density at radius 3 is 2.18 bits per heavy atom. The fraction of sp³-hybridized carbons (Fsp3) is 0.462. The van der Waals surface area contributed by atoms with Crippen LogP contribution in [-0.2, 0) is 15.4 Å². The Kier molecular flexibility index (Phi) is 8.49. The molecule has 0 saturated heterocycles. The molecule has 6 nitrogen and oxygen atoms in total. The Balaban J connectivity index is 1.81. The molecule has 3 rings (SSSR count). The number of nitrogens with zero attached hydrogens (tertiary/aromatic N) is 2. The number of hydrogen-bond donors (Lipinski definition) is 1. The van der Waals surface area contributed by atoms with E-state index in [9.17, 15) is 13.2 Å². The molecular formula is C26H35N3O3S2. The first-order valence-corrected chi connectivity index (χ1v) is 14.1. The second kappa shape index (κ2) is 11.0. The molecule has 8 heteroatoms. The van der Waals surface area contributed by atoms with Crippen molar-refractivity contribution in [3.8, 4) is 0 Å². The van der Waals surface area contributed by atoms with Crippen LogP contribution >= 0.6 is 11.3 Å². The number of carbonyl (C=O) groups excluding carboxylic acids is 1. The van der Waals surface area contributed by atoms with E-state index in [2.05, 4.69) is 44.9 Å². The molecule has 1 heterocycles. The van der Waals surface area contributed by atoms with Crippen LogP contribution in [-0.4, -0.2) is 36.7 Å². The van der Waals surface area contributed by atoms with Crippen molar-refractivity contribution in [3.63, 3.8) is 0 Å². The van der Waals surface area contributed by atoms with Crippen LogP contribution in [0.4, 0.5) is 5.13 Å². The molecule has 0 radical (unpaired) electrons. The number of rotatable bonds is 10. The Morgan fingerprint density at radius 1 is 1.00 bits per heavy atom. The molecule has 34 heavy (non-hydrogen) atoms. The van der Waals surface area contributed by atoms with Gasteiger partial charge in [-0.1, -0.05) is 70.9 Å². The van der Waals surface area contributed by atoms with Crippen LogP contribution < -0.4 is 5.32 Å². The summed E-state index contributed by atoms with van der Waals surface area (Å²) in [5.41, 5.74) is 2.39. The maximum Gasteiger partial charge on any atom is 0.257 e. The lowest BCUT2D eigenvalue weighted by Crippen LogP contribution is -2.33. The second-order valence-electron chi connectivity index (χ2n) is 9.54. The third kappa shape index (κ3) is 6.23. The van der Waals surface area contributed by atoms with Gasteiger partial charge in [0.15, 0.2) is 5.13 Å². The molecule has 0 bridgehead atoms. The van der Waals surface area contributed by atoms with Crippen molar-refractivity contribution in [2.24, 2.45) is 0 Å². The van der Waals surface area contributed by atoms with Gasteiger partial charge in [0.2, 0.25) is 10.0 Å². The summed E-state index contributed by atoms with van der Waals surface area (Å²) in [6.45, 7) is 11.6. The van der Waals surface area contributed by atoms with E-state index < -0.39 is 10.0 Å². The zero-order chi connectivity index (χ0) is 24.9. The van der Waals surface area contributed by atoms with Crippen LogP contribution in [0.1, 0.15) is 76.2 Å². The van der Waals surface area contributed by atoms with Crippen LogP contribution in [0.15, 0.2) is 47.4 Å². The number of hydrogen-bond acceptors (Lipinski definition) is 5. The van der Waals surface area contributed by atoms with Crippen LogP contribution in [0.2, 0.25) is 0 Å². The molecule has 1 aromatic heterocycles. The lowest BCUT2D eigenvalue weighted by atomic mass is 9.87. The van der Waals surface area contributed by atoms with Crippen molar-refractivity contribution in [1.82, 2.24) is 9.29 Å².